The number of rotatable bonds is 3. The minimum atomic E-state index is -0.418. The SMILES string of the molecule is CCOC(=O)c1cc(-c2ccccc2Cl)n[nH]1. The molecule has 1 heterocycles. The van der Waals surface area contributed by atoms with E-state index in [1.165, 1.54) is 0 Å². The van der Waals surface area contributed by atoms with Gasteiger partial charge in [-0.2, -0.15) is 5.10 Å². The van der Waals surface area contributed by atoms with Crippen molar-refractivity contribution in [2.75, 3.05) is 6.61 Å². The van der Waals surface area contributed by atoms with Crippen LogP contribution in [0.25, 0.3) is 11.3 Å². The third kappa shape index (κ3) is 2.47. The number of esters is 1. The Hall–Kier alpha value is -1.81. The van der Waals surface area contributed by atoms with Gasteiger partial charge in [-0.3, -0.25) is 5.10 Å². The van der Waals surface area contributed by atoms with Crippen LogP contribution in [0.3, 0.4) is 0 Å². The van der Waals surface area contributed by atoms with Gasteiger partial charge in [-0.1, -0.05) is 29.8 Å². The maximum absolute atomic E-state index is 11.4. The van der Waals surface area contributed by atoms with E-state index in [1.54, 1.807) is 19.1 Å². The highest BCUT2D eigenvalue weighted by Crippen LogP contribution is 2.26. The molecule has 1 N–H and O–H groups in total. The Balaban J connectivity index is 2.30. The number of carbonyl (C=O) groups excluding carboxylic acids is 1. The topological polar surface area (TPSA) is 55.0 Å². The molecule has 0 aliphatic heterocycles. The summed E-state index contributed by atoms with van der Waals surface area (Å²) < 4.78 is 4.86. The van der Waals surface area contributed by atoms with E-state index < -0.39 is 5.97 Å². The van der Waals surface area contributed by atoms with Crippen LogP contribution in [0, 0.1) is 0 Å². The molecule has 1 aromatic heterocycles. The predicted molar refractivity (Wildman–Crippen MR) is 65.0 cm³/mol. The molecule has 4 nitrogen and oxygen atoms in total. The Morgan fingerprint density at radius 1 is 1.47 bits per heavy atom. The molecule has 0 fully saturated rings. The van der Waals surface area contributed by atoms with E-state index in [9.17, 15) is 4.79 Å². The van der Waals surface area contributed by atoms with Gasteiger partial charge < -0.3 is 4.74 Å². The molecule has 0 saturated carbocycles. The van der Waals surface area contributed by atoms with Gasteiger partial charge in [-0.15, -0.1) is 0 Å². The molecule has 5 heteroatoms. The van der Waals surface area contributed by atoms with Gasteiger partial charge >= 0.3 is 5.97 Å². The van der Waals surface area contributed by atoms with Crippen molar-refractivity contribution in [2.45, 2.75) is 6.92 Å². The molecule has 0 aliphatic rings. The summed E-state index contributed by atoms with van der Waals surface area (Å²) in [5.74, 6) is -0.418. The molecule has 17 heavy (non-hydrogen) atoms. The van der Waals surface area contributed by atoms with Crippen LogP contribution in [-0.2, 0) is 4.74 Å². The maximum atomic E-state index is 11.4. The monoisotopic (exact) mass is 250 g/mol. The molecule has 0 atom stereocenters. The normalized spacial score (nSPS) is 10.2. The fourth-order valence-electron chi connectivity index (χ4n) is 1.44. The van der Waals surface area contributed by atoms with Gasteiger partial charge in [0.2, 0.25) is 0 Å². The Bertz CT molecular complexity index is 537. The first-order chi connectivity index (χ1) is 8.22. The lowest BCUT2D eigenvalue weighted by atomic mass is 10.1. The zero-order valence-electron chi connectivity index (χ0n) is 9.24. The molecule has 0 amide bonds. The lowest BCUT2D eigenvalue weighted by Gasteiger charge is -1.98. The third-order valence-electron chi connectivity index (χ3n) is 2.22. The Morgan fingerprint density at radius 2 is 2.24 bits per heavy atom. The Morgan fingerprint density at radius 3 is 2.94 bits per heavy atom. The first-order valence-corrected chi connectivity index (χ1v) is 5.57. The van der Waals surface area contributed by atoms with Gasteiger partial charge in [0.25, 0.3) is 0 Å². The average molecular weight is 251 g/mol. The summed E-state index contributed by atoms with van der Waals surface area (Å²) in [5, 5.41) is 7.27. The molecular weight excluding hydrogens is 240 g/mol. The highest BCUT2D eigenvalue weighted by molar-refractivity contribution is 6.33. The number of nitrogens with one attached hydrogen (secondary N) is 1. The number of aromatic nitrogens is 2. The molecule has 0 aliphatic carbocycles. The van der Waals surface area contributed by atoms with Crippen LogP contribution in [0.2, 0.25) is 5.02 Å². The van der Waals surface area contributed by atoms with Crippen molar-refractivity contribution in [3.8, 4) is 11.3 Å². The highest BCUT2D eigenvalue weighted by atomic mass is 35.5. The van der Waals surface area contributed by atoms with Crippen molar-refractivity contribution in [2.24, 2.45) is 0 Å². The summed E-state index contributed by atoms with van der Waals surface area (Å²) in [5.41, 5.74) is 1.72. The highest BCUT2D eigenvalue weighted by Gasteiger charge is 2.12. The van der Waals surface area contributed by atoms with E-state index in [-0.39, 0.29) is 0 Å². The van der Waals surface area contributed by atoms with Gasteiger partial charge in [0.05, 0.1) is 17.3 Å². The Labute approximate surface area is 104 Å². The number of halogens is 1. The van der Waals surface area contributed by atoms with Crippen LogP contribution >= 0.6 is 11.6 Å². The molecule has 0 radical (unpaired) electrons. The molecule has 0 bridgehead atoms. The number of aromatic amines is 1. The molecule has 2 rings (SSSR count). The summed E-state index contributed by atoms with van der Waals surface area (Å²) in [6, 6.07) is 8.94. The maximum Gasteiger partial charge on any atom is 0.356 e. The van der Waals surface area contributed by atoms with Crippen LogP contribution in [0.5, 0.6) is 0 Å². The standard InChI is InChI=1S/C12H11ClN2O2/c1-2-17-12(16)11-7-10(14-15-11)8-5-3-4-6-9(8)13/h3-7H,2H2,1H3,(H,14,15). The second kappa shape index (κ2) is 5.01. The summed E-state index contributed by atoms with van der Waals surface area (Å²) >= 11 is 6.04. The number of carbonyl (C=O) groups is 1. The first kappa shape index (κ1) is 11.7. The minimum Gasteiger partial charge on any atom is -0.461 e. The van der Waals surface area contributed by atoms with Crippen LogP contribution < -0.4 is 0 Å². The average Bonchev–Trinajstić information content (AvgIpc) is 2.79. The fraction of sp³-hybridized carbons (Fsp3) is 0.167. The van der Waals surface area contributed by atoms with Gasteiger partial charge in [-0.25, -0.2) is 4.79 Å². The fourth-order valence-corrected chi connectivity index (χ4v) is 1.67. The van der Waals surface area contributed by atoms with Crippen molar-refractivity contribution in [1.29, 1.82) is 0 Å². The second-order valence-corrected chi connectivity index (χ2v) is 3.77. The molecule has 0 spiro atoms. The van der Waals surface area contributed by atoms with Gasteiger partial charge in [0.1, 0.15) is 5.69 Å². The minimum absolute atomic E-state index is 0.321. The van der Waals surface area contributed by atoms with Gasteiger partial charge in [-0.05, 0) is 19.1 Å². The molecule has 1 aromatic carbocycles. The van der Waals surface area contributed by atoms with Crippen LogP contribution in [0.1, 0.15) is 17.4 Å². The Kier molecular flexibility index (Phi) is 3.44. The van der Waals surface area contributed by atoms with E-state index in [0.717, 1.165) is 5.56 Å². The third-order valence-corrected chi connectivity index (χ3v) is 2.55. The summed E-state index contributed by atoms with van der Waals surface area (Å²) in [4.78, 5) is 11.4. The van der Waals surface area contributed by atoms with Gasteiger partial charge in [0.15, 0.2) is 0 Å². The van der Waals surface area contributed by atoms with E-state index in [2.05, 4.69) is 10.2 Å². The number of hydrogen-bond acceptors (Lipinski definition) is 3. The summed E-state index contributed by atoms with van der Waals surface area (Å²) in [6.45, 7) is 2.09. The van der Waals surface area contributed by atoms with Crippen molar-refractivity contribution in [3.63, 3.8) is 0 Å². The second-order valence-electron chi connectivity index (χ2n) is 3.37. The zero-order valence-corrected chi connectivity index (χ0v) is 9.99. The lowest BCUT2D eigenvalue weighted by Crippen LogP contribution is -2.04. The summed E-state index contributed by atoms with van der Waals surface area (Å²) in [6.07, 6.45) is 0. The number of nitrogens with zero attached hydrogens (tertiary/aromatic N) is 1. The molecule has 88 valence electrons. The molecule has 0 saturated heterocycles. The van der Waals surface area contributed by atoms with Crippen LogP contribution in [0.4, 0.5) is 0 Å². The van der Waals surface area contributed by atoms with E-state index >= 15 is 0 Å². The lowest BCUT2D eigenvalue weighted by molar-refractivity contribution is 0.0519. The first-order valence-electron chi connectivity index (χ1n) is 5.19. The number of ether oxygens (including phenoxy) is 1. The smallest absolute Gasteiger partial charge is 0.356 e. The quantitative estimate of drug-likeness (QED) is 0.852. The van der Waals surface area contributed by atoms with Crippen LogP contribution in [0.15, 0.2) is 30.3 Å². The van der Waals surface area contributed by atoms with Gasteiger partial charge in [0, 0.05) is 5.56 Å². The van der Waals surface area contributed by atoms with Crippen LogP contribution in [-0.4, -0.2) is 22.8 Å². The van der Waals surface area contributed by atoms with Crippen molar-refractivity contribution < 1.29 is 9.53 Å². The number of benzene rings is 1. The van der Waals surface area contributed by atoms with E-state index in [1.807, 2.05) is 18.2 Å². The number of H-pyrrole nitrogens is 1. The molecular formula is C12H11ClN2O2. The van der Waals surface area contributed by atoms with E-state index in [0.29, 0.717) is 23.0 Å². The predicted octanol–water partition coefficient (Wildman–Crippen LogP) is 2.91. The van der Waals surface area contributed by atoms with E-state index in [4.69, 9.17) is 16.3 Å². The molecule has 0 unspecified atom stereocenters. The van der Waals surface area contributed by atoms with Crippen molar-refractivity contribution in [1.82, 2.24) is 10.2 Å². The molecule has 2 aromatic rings. The summed E-state index contributed by atoms with van der Waals surface area (Å²) in [7, 11) is 0. The van der Waals surface area contributed by atoms with Crippen molar-refractivity contribution >= 4 is 17.6 Å². The number of hydrogen-bond donors (Lipinski definition) is 1. The zero-order chi connectivity index (χ0) is 12.3. The largest absolute Gasteiger partial charge is 0.461 e. The van der Waals surface area contributed by atoms with Crippen molar-refractivity contribution in [3.05, 3.63) is 41.0 Å².